The number of anilines is 3. The van der Waals surface area contributed by atoms with Gasteiger partial charge < -0.3 is 10.6 Å². The molecule has 1 aromatic heterocycles. The van der Waals surface area contributed by atoms with Gasteiger partial charge in [0.05, 0.1) is 16.0 Å². The number of rotatable bonds is 7. The summed E-state index contributed by atoms with van der Waals surface area (Å²) in [5.74, 6) is 0.857. The van der Waals surface area contributed by atoms with E-state index in [0.717, 1.165) is 24.6 Å². The molecule has 0 unspecified atom stereocenters. The van der Waals surface area contributed by atoms with Crippen LogP contribution >= 0.6 is 0 Å². The molecule has 2 heterocycles. The quantitative estimate of drug-likeness (QED) is 0.215. The van der Waals surface area contributed by atoms with Crippen LogP contribution in [0.4, 0.5) is 36.3 Å². The highest BCUT2D eigenvalue weighted by atomic mass is 19.4. The van der Waals surface area contributed by atoms with Crippen molar-refractivity contribution < 1.29 is 18.1 Å². The summed E-state index contributed by atoms with van der Waals surface area (Å²) in [6, 6.07) is 19.4. The van der Waals surface area contributed by atoms with Crippen molar-refractivity contribution in [1.29, 1.82) is 0 Å². The second-order valence-corrected chi connectivity index (χ2v) is 9.24. The Hall–Kier alpha value is -4.25. The Morgan fingerprint density at radius 2 is 1.74 bits per heavy atom. The van der Waals surface area contributed by atoms with Gasteiger partial charge in [-0.05, 0) is 42.7 Å². The number of alkyl halides is 3. The fourth-order valence-corrected chi connectivity index (χ4v) is 4.57. The normalized spacial score (nSPS) is 14.9. The Morgan fingerprint density at radius 3 is 2.45 bits per heavy atom. The molecule has 2 N–H and O–H groups in total. The Labute approximate surface area is 216 Å². The van der Waals surface area contributed by atoms with Gasteiger partial charge in [-0.15, -0.1) is 0 Å². The van der Waals surface area contributed by atoms with E-state index < -0.39 is 16.7 Å². The van der Waals surface area contributed by atoms with Crippen LogP contribution in [0.3, 0.4) is 0 Å². The highest BCUT2D eigenvalue weighted by Gasteiger charge is 2.30. The Morgan fingerprint density at radius 1 is 0.974 bits per heavy atom. The van der Waals surface area contributed by atoms with Crippen LogP contribution in [0.15, 0.2) is 72.8 Å². The van der Waals surface area contributed by atoms with E-state index >= 15 is 0 Å². The standard InChI is InChI=1S/C27H25F3N6O2/c28-27(29,30)19-6-4-5-18(15-19)17-35-13-11-21(12-14-35)32-26-33-24-10-9-22(36(37)38)16-23(24)25(34-26)31-20-7-2-1-3-8-20/h1-10,15-16,21H,11-14,17H2,(H2,31,32,33,34). The number of fused-ring (bicyclic) bond motifs is 1. The zero-order chi connectivity index (χ0) is 26.7. The monoisotopic (exact) mass is 522 g/mol. The molecule has 0 radical (unpaired) electrons. The third-order valence-corrected chi connectivity index (χ3v) is 6.51. The third-order valence-electron chi connectivity index (χ3n) is 6.51. The third kappa shape index (κ3) is 6.00. The van der Waals surface area contributed by atoms with Gasteiger partial charge in [-0.2, -0.15) is 18.2 Å². The first-order valence-corrected chi connectivity index (χ1v) is 12.2. The van der Waals surface area contributed by atoms with Crippen molar-refractivity contribution in [2.45, 2.75) is 31.6 Å². The molecule has 0 amide bonds. The minimum atomic E-state index is -4.36. The first-order valence-electron chi connectivity index (χ1n) is 12.2. The molecule has 1 fully saturated rings. The number of nitrogens with zero attached hydrogens (tertiary/aromatic N) is 4. The zero-order valence-electron chi connectivity index (χ0n) is 20.3. The van der Waals surface area contributed by atoms with Crippen LogP contribution < -0.4 is 10.6 Å². The molecule has 196 valence electrons. The highest BCUT2D eigenvalue weighted by Crippen LogP contribution is 2.31. The molecule has 5 rings (SSSR count). The molecular formula is C27H25F3N6O2. The molecule has 0 saturated carbocycles. The van der Waals surface area contributed by atoms with Gasteiger partial charge in [0.1, 0.15) is 5.82 Å². The predicted octanol–water partition coefficient (Wildman–Crippen LogP) is 6.38. The van der Waals surface area contributed by atoms with Crippen LogP contribution in [0.1, 0.15) is 24.0 Å². The minimum Gasteiger partial charge on any atom is -0.351 e. The summed E-state index contributed by atoms with van der Waals surface area (Å²) in [6.07, 6.45) is -2.82. The van der Waals surface area contributed by atoms with Gasteiger partial charge in [-0.25, -0.2) is 4.98 Å². The van der Waals surface area contributed by atoms with Crippen molar-refractivity contribution in [2.75, 3.05) is 23.7 Å². The number of benzene rings is 3. The summed E-state index contributed by atoms with van der Waals surface area (Å²) >= 11 is 0. The maximum absolute atomic E-state index is 13.0. The highest BCUT2D eigenvalue weighted by molar-refractivity contribution is 5.93. The molecule has 11 heteroatoms. The second kappa shape index (κ2) is 10.6. The van der Waals surface area contributed by atoms with Crippen molar-refractivity contribution in [1.82, 2.24) is 14.9 Å². The average Bonchev–Trinajstić information content (AvgIpc) is 2.90. The fourth-order valence-electron chi connectivity index (χ4n) is 4.57. The smallest absolute Gasteiger partial charge is 0.351 e. The lowest BCUT2D eigenvalue weighted by Gasteiger charge is -2.32. The van der Waals surface area contributed by atoms with Gasteiger partial charge in [-0.3, -0.25) is 15.0 Å². The number of nitrogens with one attached hydrogen (secondary N) is 2. The molecule has 1 aliphatic rings. The predicted molar refractivity (Wildman–Crippen MR) is 139 cm³/mol. The Balaban J connectivity index is 1.29. The van der Waals surface area contributed by atoms with Gasteiger partial charge in [0, 0.05) is 48.9 Å². The molecule has 1 aliphatic heterocycles. The lowest BCUT2D eigenvalue weighted by atomic mass is 10.0. The molecule has 8 nitrogen and oxygen atoms in total. The molecule has 3 aromatic carbocycles. The number of hydrogen-bond acceptors (Lipinski definition) is 7. The molecule has 4 aromatic rings. The molecule has 0 spiro atoms. The van der Waals surface area contributed by atoms with E-state index in [1.807, 2.05) is 30.3 Å². The number of para-hydroxylation sites is 1. The Bertz CT molecular complexity index is 1440. The zero-order valence-corrected chi connectivity index (χ0v) is 20.3. The van der Waals surface area contributed by atoms with Crippen LogP contribution in [0.25, 0.3) is 10.9 Å². The maximum atomic E-state index is 13.0. The summed E-state index contributed by atoms with van der Waals surface area (Å²) in [4.78, 5) is 22.2. The van der Waals surface area contributed by atoms with Gasteiger partial charge in [-0.1, -0.05) is 36.4 Å². The molecule has 38 heavy (non-hydrogen) atoms. The lowest BCUT2D eigenvalue weighted by molar-refractivity contribution is -0.384. The van der Waals surface area contributed by atoms with Crippen LogP contribution in [0.5, 0.6) is 0 Å². The van der Waals surface area contributed by atoms with E-state index in [1.54, 1.807) is 12.1 Å². The first-order chi connectivity index (χ1) is 18.2. The van der Waals surface area contributed by atoms with Crippen LogP contribution in [-0.4, -0.2) is 38.9 Å². The van der Waals surface area contributed by atoms with Crippen LogP contribution in [0.2, 0.25) is 0 Å². The number of piperidine rings is 1. The van der Waals surface area contributed by atoms with Crippen molar-refractivity contribution in [3.8, 4) is 0 Å². The summed E-state index contributed by atoms with van der Waals surface area (Å²) < 4.78 is 39.1. The lowest BCUT2D eigenvalue weighted by Crippen LogP contribution is -2.39. The number of hydrogen-bond donors (Lipinski definition) is 2. The Kier molecular flexibility index (Phi) is 7.10. The van der Waals surface area contributed by atoms with Gasteiger partial charge >= 0.3 is 6.18 Å². The van der Waals surface area contributed by atoms with E-state index in [-0.39, 0.29) is 11.7 Å². The molecule has 0 bridgehead atoms. The number of likely N-dealkylation sites (tertiary alicyclic amines) is 1. The maximum Gasteiger partial charge on any atom is 0.416 e. The molecule has 0 atom stereocenters. The van der Waals surface area contributed by atoms with Gasteiger partial charge in [0.2, 0.25) is 5.95 Å². The first kappa shape index (κ1) is 25.4. The topological polar surface area (TPSA) is 96.2 Å². The second-order valence-electron chi connectivity index (χ2n) is 9.24. The molecule has 1 saturated heterocycles. The van der Waals surface area contributed by atoms with Crippen molar-refractivity contribution >= 4 is 34.0 Å². The summed E-state index contributed by atoms with van der Waals surface area (Å²) in [5, 5.41) is 18.5. The van der Waals surface area contributed by atoms with E-state index in [2.05, 4.69) is 25.5 Å². The van der Waals surface area contributed by atoms with Crippen LogP contribution in [0, 0.1) is 10.1 Å². The minimum absolute atomic E-state index is 0.0499. The number of nitro groups is 1. The molecular weight excluding hydrogens is 497 g/mol. The summed E-state index contributed by atoms with van der Waals surface area (Å²) in [5.41, 5.74) is 1.30. The summed E-state index contributed by atoms with van der Waals surface area (Å²) in [6.45, 7) is 1.87. The van der Waals surface area contributed by atoms with Crippen molar-refractivity contribution in [2.24, 2.45) is 0 Å². The molecule has 0 aliphatic carbocycles. The van der Waals surface area contributed by atoms with Gasteiger partial charge in [0.15, 0.2) is 0 Å². The SMILES string of the molecule is O=[N+]([O-])c1ccc2nc(NC3CCN(Cc4cccc(C(F)(F)F)c4)CC3)nc(Nc3ccccc3)c2c1. The fraction of sp³-hybridized carbons (Fsp3) is 0.259. The van der Waals surface area contributed by atoms with Crippen molar-refractivity contribution in [3.63, 3.8) is 0 Å². The van der Waals surface area contributed by atoms with E-state index in [4.69, 9.17) is 0 Å². The van der Waals surface area contributed by atoms with Crippen molar-refractivity contribution in [3.05, 3.63) is 94.0 Å². The number of aromatic nitrogens is 2. The van der Waals surface area contributed by atoms with E-state index in [1.165, 1.54) is 24.3 Å². The largest absolute Gasteiger partial charge is 0.416 e. The van der Waals surface area contributed by atoms with Gasteiger partial charge in [0.25, 0.3) is 5.69 Å². The number of nitro benzene ring substituents is 1. The van der Waals surface area contributed by atoms with Crippen LogP contribution in [-0.2, 0) is 12.7 Å². The summed E-state index contributed by atoms with van der Waals surface area (Å²) in [7, 11) is 0. The van der Waals surface area contributed by atoms with E-state index in [0.29, 0.717) is 47.9 Å². The van der Waals surface area contributed by atoms with E-state index in [9.17, 15) is 23.3 Å². The number of halogens is 3. The number of non-ortho nitro benzene ring substituents is 1. The average molecular weight is 523 g/mol.